The molecule has 15 nitrogen and oxygen atoms in total. The van der Waals surface area contributed by atoms with Crippen LogP contribution < -0.4 is 5.32 Å². The number of halogens is 1. The van der Waals surface area contributed by atoms with Gasteiger partial charge >= 0.3 is 11.9 Å². The van der Waals surface area contributed by atoms with Crippen molar-refractivity contribution in [2.45, 2.75) is 115 Å². The summed E-state index contributed by atoms with van der Waals surface area (Å²) in [4.78, 5) is 67.9. The summed E-state index contributed by atoms with van der Waals surface area (Å²) in [5, 5.41) is 40.3. The van der Waals surface area contributed by atoms with Gasteiger partial charge in [-0.2, -0.15) is 0 Å². The van der Waals surface area contributed by atoms with Crippen LogP contribution in [0.4, 0.5) is 4.39 Å². The summed E-state index contributed by atoms with van der Waals surface area (Å²) in [6, 6.07) is -1.62. The average Bonchev–Trinajstić information content (AvgIpc) is 3.43. The maximum atomic E-state index is 15.9. The number of carboxylic acids is 1. The fourth-order valence-electron chi connectivity index (χ4n) is 9.59. The Kier molecular flexibility index (Phi) is 10.8. The van der Waals surface area contributed by atoms with E-state index in [4.69, 9.17) is 24.6 Å². The van der Waals surface area contributed by atoms with E-state index in [0.29, 0.717) is 31.3 Å². The zero-order chi connectivity index (χ0) is 36.8. The number of aliphatic carboxylic acids is 1. The number of esters is 1. The number of nitrogens with zero attached hydrogens (tertiary/aromatic N) is 1. The van der Waals surface area contributed by atoms with Crippen molar-refractivity contribution in [2.24, 2.45) is 28.6 Å². The first-order valence-corrected chi connectivity index (χ1v) is 17.0. The standard InChI is InChI=1S/C34H47FN2O13/c1-31(2)49-26-14-20-19-13-22(35)21-12-18(38)9-10-32(21,3)29(19)24(39)16-33(20,4)34(26,50-31)25(40)17-47-28(42)15-23(30(43)44)36-27(41)8-6-5-7-11-48-37(45)46/h9-10,12,19-20,22-24,26,29,39,45-46H,5-8,11,13-17H2,1-4H3,(H,36,41)(H,43,44)/t19-,20-,22-,23?,24-,26+,29+,32-,33-,34+/m0/s1. The van der Waals surface area contributed by atoms with Crippen LogP contribution in [0.2, 0.25) is 0 Å². The highest BCUT2D eigenvalue weighted by atomic mass is 19.1. The van der Waals surface area contributed by atoms with Crippen molar-refractivity contribution in [1.29, 1.82) is 0 Å². The molecule has 1 heterocycles. The Morgan fingerprint density at radius 2 is 1.84 bits per heavy atom. The molecule has 0 aromatic carbocycles. The Morgan fingerprint density at radius 1 is 1.12 bits per heavy atom. The molecule has 0 aromatic rings. The third-order valence-corrected chi connectivity index (χ3v) is 11.5. The number of hydrogen-bond donors (Lipinski definition) is 5. The maximum Gasteiger partial charge on any atom is 0.326 e. The van der Waals surface area contributed by atoms with Crippen molar-refractivity contribution in [3.8, 4) is 0 Å². The summed E-state index contributed by atoms with van der Waals surface area (Å²) in [5.74, 6) is -6.47. The molecular weight excluding hydrogens is 663 g/mol. The molecule has 5 aliphatic rings. The fourth-order valence-corrected chi connectivity index (χ4v) is 9.59. The van der Waals surface area contributed by atoms with Crippen molar-refractivity contribution >= 4 is 29.4 Å². The van der Waals surface area contributed by atoms with Gasteiger partial charge in [0.1, 0.15) is 12.2 Å². The molecule has 0 spiro atoms. The van der Waals surface area contributed by atoms with Gasteiger partial charge in [-0.25, -0.2) is 9.18 Å². The Bertz CT molecular complexity index is 1450. The summed E-state index contributed by atoms with van der Waals surface area (Å²) < 4.78 is 33.9. The van der Waals surface area contributed by atoms with Crippen LogP contribution in [-0.2, 0) is 43.0 Å². The van der Waals surface area contributed by atoms with E-state index in [-0.39, 0.29) is 37.6 Å². The molecule has 10 atom stereocenters. The predicted octanol–water partition coefficient (Wildman–Crippen LogP) is 2.36. The molecule has 278 valence electrons. The summed E-state index contributed by atoms with van der Waals surface area (Å²) in [7, 11) is 0. The molecule has 5 rings (SSSR count). The number of aliphatic hydroxyl groups is 1. The van der Waals surface area contributed by atoms with Gasteiger partial charge in [0.15, 0.2) is 23.8 Å². The largest absolute Gasteiger partial charge is 0.480 e. The average molecular weight is 711 g/mol. The lowest BCUT2D eigenvalue weighted by atomic mass is 9.46. The van der Waals surface area contributed by atoms with Crippen molar-refractivity contribution in [2.75, 3.05) is 13.2 Å². The second-order valence-corrected chi connectivity index (χ2v) is 15.0. The Balaban J connectivity index is 1.26. The molecule has 3 saturated carbocycles. The molecule has 50 heavy (non-hydrogen) atoms. The zero-order valence-electron chi connectivity index (χ0n) is 28.6. The minimum Gasteiger partial charge on any atom is -0.480 e. The molecule has 4 aliphatic carbocycles. The first-order valence-electron chi connectivity index (χ1n) is 17.0. The highest BCUT2D eigenvalue weighted by Crippen LogP contribution is 2.70. The van der Waals surface area contributed by atoms with Crippen LogP contribution in [-0.4, -0.2) is 104 Å². The quantitative estimate of drug-likeness (QED) is 0.0994. The van der Waals surface area contributed by atoms with Crippen LogP contribution in [0.5, 0.6) is 0 Å². The number of rotatable bonds is 14. The molecule has 1 unspecified atom stereocenters. The Morgan fingerprint density at radius 3 is 2.52 bits per heavy atom. The minimum absolute atomic E-state index is 0.00809. The van der Waals surface area contributed by atoms with Gasteiger partial charge in [0, 0.05) is 23.2 Å². The van der Waals surface area contributed by atoms with Gasteiger partial charge in [-0.15, -0.1) is 0 Å². The molecule has 16 heteroatoms. The Hall–Kier alpha value is -3.12. The van der Waals surface area contributed by atoms with E-state index in [9.17, 15) is 34.2 Å². The number of nitrogens with one attached hydrogen (secondary N) is 1. The molecule has 1 saturated heterocycles. The highest BCUT2D eigenvalue weighted by molar-refractivity contribution is 6.01. The van der Waals surface area contributed by atoms with Gasteiger partial charge in [0.05, 0.1) is 30.6 Å². The number of ether oxygens (including phenoxy) is 3. The van der Waals surface area contributed by atoms with E-state index in [2.05, 4.69) is 10.2 Å². The summed E-state index contributed by atoms with van der Waals surface area (Å²) in [5.41, 5.74) is -3.30. The molecule has 1 aliphatic heterocycles. The number of fused-ring (bicyclic) bond motifs is 7. The lowest BCUT2D eigenvalue weighted by molar-refractivity contribution is -0.492. The SMILES string of the molecule is CC1(C)O[C@@H]2C[C@H]3[C@@H]4C[C@H](F)C5=CC(=O)C=C[C@]5(C)[C@H]4[C@@H](O)C[C@]3(C)[C@]2(C(=O)COC(=O)CC(NC(=O)CCCCCON(O)O)C(=O)O)O1. The Labute approximate surface area is 288 Å². The van der Waals surface area contributed by atoms with E-state index in [1.807, 2.05) is 13.8 Å². The molecule has 4 fully saturated rings. The molecule has 1 amide bonds. The van der Waals surface area contributed by atoms with Gasteiger partial charge in [0.25, 0.3) is 0 Å². The third kappa shape index (κ3) is 6.90. The number of carbonyl (C=O) groups excluding carboxylic acids is 4. The van der Waals surface area contributed by atoms with Crippen LogP contribution in [0.3, 0.4) is 0 Å². The molecule has 0 bridgehead atoms. The summed E-state index contributed by atoms with van der Waals surface area (Å²) >= 11 is 0. The van der Waals surface area contributed by atoms with Gasteiger partial charge in [0.2, 0.25) is 11.7 Å². The number of carboxylic acid groups (broad SMARTS) is 1. The van der Waals surface area contributed by atoms with Crippen LogP contribution in [0.15, 0.2) is 23.8 Å². The van der Waals surface area contributed by atoms with E-state index in [1.54, 1.807) is 19.9 Å². The van der Waals surface area contributed by atoms with Crippen LogP contribution in [0.1, 0.15) is 79.1 Å². The van der Waals surface area contributed by atoms with Crippen LogP contribution in [0, 0.1) is 28.6 Å². The predicted molar refractivity (Wildman–Crippen MR) is 166 cm³/mol. The number of aliphatic hydroxyl groups excluding tert-OH is 1. The van der Waals surface area contributed by atoms with E-state index < -0.39 is 101 Å². The number of alkyl halides is 1. The van der Waals surface area contributed by atoms with Crippen molar-refractivity contribution in [3.63, 3.8) is 0 Å². The lowest BCUT2D eigenvalue weighted by Gasteiger charge is -2.60. The number of ketones is 2. The topological polar surface area (TPSA) is 218 Å². The molecular formula is C34H47FN2O13. The number of amides is 1. The van der Waals surface area contributed by atoms with Gasteiger partial charge in [-0.1, -0.05) is 26.3 Å². The second-order valence-electron chi connectivity index (χ2n) is 15.0. The number of allylic oxidation sites excluding steroid dienone is 4. The highest BCUT2D eigenvalue weighted by Gasteiger charge is 2.77. The normalized spacial score (nSPS) is 37.2. The van der Waals surface area contributed by atoms with Crippen LogP contribution in [0.25, 0.3) is 0 Å². The zero-order valence-corrected chi connectivity index (χ0v) is 28.6. The third-order valence-electron chi connectivity index (χ3n) is 11.5. The van der Waals surface area contributed by atoms with E-state index in [0.717, 1.165) is 0 Å². The smallest absolute Gasteiger partial charge is 0.326 e. The van der Waals surface area contributed by atoms with Crippen molar-refractivity contribution in [1.82, 2.24) is 10.7 Å². The lowest BCUT2D eigenvalue weighted by Crippen LogP contribution is -2.64. The van der Waals surface area contributed by atoms with Crippen LogP contribution >= 0.6 is 0 Å². The van der Waals surface area contributed by atoms with E-state index in [1.165, 1.54) is 12.2 Å². The number of Topliss-reactive ketones (excluding diaryl/α,β-unsaturated/α-hetero) is 1. The van der Waals surface area contributed by atoms with Gasteiger partial charge in [-0.3, -0.25) is 34.4 Å². The molecule has 0 aromatic heterocycles. The van der Waals surface area contributed by atoms with Crippen molar-refractivity contribution in [3.05, 3.63) is 23.8 Å². The first-order chi connectivity index (χ1) is 23.3. The first kappa shape index (κ1) is 38.1. The summed E-state index contributed by atoms with van der Waals surface area (Å²) in [6.45, 7) is 6.16. The molecule has 0 radical (unpaired) electrons. The maximum absolute atomic E-state index is 15.9. The minimum atomic E-state index is -1.67. The number of unbranched alkanes of at least 4 members (excludes halogenated alkanes) is 2. The summed E-state index contributed by atoms with van der Waals surface area (Å²) in [6.07, 6.45) is 2.02. The number of hydrogen-bond acceptors (Lipinski definition) is 13. The number of carbonyl (C=O) groups is 5. The van der Waals surface area contributed by atoms with E-state index >= 15 is 4.39 Å². The molecule has 5 N–H and O–H groups in total. The second kappa shape index (κ2) is 14.1. The monoisotopic (exact) mass is 710 g/mol. The van der Waals surface area contributed by atoms with Gasteiger partial charge in [-0.05, 0) is 75.5 Å². The fraction of sp³-hybridized carbons (Fsp3) is 0.735. The van der Waals surface area contributed by atoms with Gasteiger partial charge < -0.3 is 29.7 Å². The van der Waals surface area contributed by atoms with Crippen molar-refractivity contribution < 1.29 is 68.0 Å².